The minimum Gasteiger partial charge on any atom is -0.475 e. The Labute approximate surface area is 218 Å². The highest BCUT2D eigenvalue weighted by Crippen LogP contribution is 2.50. The van der Waals surface area contributed by atoms with Crippen molar-refractivity contribution in [2.45, 2.75) is 43.9 Å². The number of thioether (sulfide) groups is 1. The molecule has 0 N–H and O–H groups in total. The fourth-order valence-corrected chi connectivity index (χ4v) is 5.30. The largest absolute Gasteiger partial charge is 0.475 e. The van der Waals surface area contributed by atoms with Gasteiger partial charge in [-0.3, -0.25) is 9.79 Å². The molecule has 0 saturated heterocycles. The molecule has 2 aromatic carbocycles. The van der Waals surface area contributed by atoms with Crippen LogP contribution >= 0.6 is 11.8 Å². The molecule has 0 spiro atoms. The monoisotopic (exact) mass is 528 g/mol. The SMILES string of the molecule is CCOC(=O)C1C(CSc2ccccc2)=Nc2ccnc(OC(C)C)c2C1c1ccccc1C(F)(F)F. The van der Waals surface area contributed by atoms with Crippen molar-refractivity contribution < 1.29 is 27.4 Å². The first-order valence-electron chi connectivity index (χ1n) is 11.9. The van der Waals surface area contributed by atoms with E-state index in [0.29, 0.717) is 22.7 Å². The van der Waals surface area contributed by atoms with Crippen molar-refractivity contribution in [3.63, 3.8) is 0 Å². The van der Waals surface area contributed by atoms with Crippen LogP contribution in [-0.4, -0.2) is 35.1 Å². The van der Waals surface area contributed by atoms with Crippen LogP contribution in [0.25, 0.3) is 0 Å². The van der Waals surface area contributed by atoms with Crippen molar-refractivity contribution in [3.05, 3.63) is 83.6 Å². The van der Waals surface area contributed by atoms with Crippen LogP contribution in [0.2, 0.25) is 0 Å². The molecule has 0 saturated carbocycles. The highest BCUT2D eigenvalue weighted by atomic mass is 32.2. The molecule has 2 unspecified atom stereocenters. The molecule has 5 nitrogen and oxygen atoms in total. The number of carbonyl (C=O) groups is 1. The molecule has 0 amide bonds. The highest BCUT2D eigenvalue weighted by molar-refractivity contribution is 8.00. The van der Waals surface area contributed by atoms with E-state index in [1.54, 1.807) is 26.8 Å². The summed E-state index contributed by atoms with van der Waals surface area (Å²) >= 11 is 1.46. The van der Waals surface area contributed by atoms with Gasteiger partial charge in [-0.25, -0.2) is 4.98 Å². The van der Waals surface area contributed by atoms with Crippen molar-refractivity contribution in [3.8, 4) is 5.88 Å². The molecule has 2 heterocycles. The van der Waals surface area contributed by atoms with Crippen molar-refractivity contribution in [2.24, 2.45) is 10.9 Å². The fraction of sp³-hybridized carbons (Fsp3) is 0.321. The van der Waals surface area contributed by atoms with Crippen LogP contribution in [-0.2, 0) is 15.7 Å². The first-order valence-corrected chi connectivity index (χ1v) is 12.9. The van der Waals surface area contributed by atoms with Gasteiger partial charge in [0.05, 0.1) is 24.0 Å². The quantitative estimate of drug-likeness (QED) is 0.231. The molecule has 1 aliphatic rings. The van der Waals surface area contributed by atoms with Crippen LogP contribution in [0.1, 0.15) is 43.4 Å². The van der Waals surface area contributed by atoms with Gasteiger partial charge in [0.2, 0.25) is 5.88 Å². The Hall–Kier alpha value is -3.33. The number of hydrogen-bond acceptors (Lipinski definition) is 6. The summed E-state index contributed by atoms with van der Waals surface area (Å²) in [5.74, 6) is -2.34. The number of ether oxygens (including phenoxy) is 2. The van der Waals surface area contributed by atoms with Gasteiger partial charge in [0.1, 0.15) is 5.92 Å². The summed E-state index contributed by atoms with van der Waals surface area (Å²) in [6.07, 6.45) is -3.41. The molecular formula is C28H27F3N2O3S. The molecule has 2 atom stereocenters. The molecule has 1 aliphatic heterocycles. The molecule has 194 valence electrons. The number of hydrogen-bond donors (Lipinski definition) is 0. The molecule has 0 bridgehead atoms. The second kappa shape index (κ2) is 11.4. The van der Waals surface area contributed by atoms with Gasteiger partial charge in [-0.2, -0.15) is 13.2 Å². The molecule has 0 radical (unpaired) electrons. The van der Waals surface area contributed by atoms with Gasteiger partial charge in [-0.15, -0.1) is 11.8 Å². The number of pyridine rings is 1. The first kappa shape index (κ1) is 26.7. The van der Waals surface area contributed by atoms with E-state index in [0.717, 1.165) is 11.0 Å². The smallest absolute Gasteiger partial charge is 0.416 e. The third-order valence-electron chi connectivity index (χ3n) is 5.82. The van der Waals surface area contributed by atoms with Crippen LogP contribution in [0.3, 0.4) is 0 Å². The van der Waals surface area contributed by atoms with Gasteiger partial charge >= 0.3 is 12.1 Å². The fourth-order valence-electron chi connectivity index (χ4n) is 4.40. The summed E-state index contributed by atoms with van der Waals surface area (Å²) < 4.78 is 54.0. The number of aliphatic imine (C=N–C) groups is 1. The molecule has 3 aromatic rings. The molecule has 9 heteroatoms. The van der Waals surface area contributed by atoms with Gasteiger partial charge in [0, 0.05) is 34.0 Å². The molecule has 0 fully saturated rings. The van der Waals surface area contributed by atoms with Gasteiger partial charge in [0.15, 0.2) is 0 Å². The van der Waals surface area contributed by atoms with Crippen molar-refractivity contribution in [1.29, 1.82) is 0 Å². The van der Waals surface area contributed by atoms with E-state index in [1.807, 2.05) is 30.3 Å². The molecule has 1 aromatic heterocycles. The number of nitrogens with zero attached hydrogens (tertiary/aromatic N) is 2. The van der Waals surface area contributed by atoms with Gasteiger partial charge in [-0.1, -0.05) is 36.4 Å². The maximum Gasteiger partial charge on any atom is 0.416 e. The van der Waals surface area contributed by atoms with Crippen LogP contribution in [0, 0.1) is 5.92 Å². The zero-order chi connectivity index (χ0) is 26.6. The lowest BCUT2D eigenvalue weighted by Gasteiger charge is -2.34. The Balaban J connectivity index is 1.94. The van der Waals surface area contributed by atoms with E-state index in [-0.39, 0.29) is 24.2 Å². The molecule has 4 rings (SSSR count). The second-order valence-corrected chi connectivity index (χ2v) is 9.76. The number of aromatic nitrogens is 1. The van der Waals surface area contributed by atoms with Gasteiger partial charge in [-0.05, 0) is 50.6 Å². The Morgan fingerprint density at radius 1 is 1.05 bits per heavy atom. The Kier molecular flexibility index (Phi) is 8.22. The third kappa shape index (κ3) is 5.98. The van der Waals surface area contributed by atoms with Crippen LogP contribution in [0.5, 0.6) is 5.88 Å². The topological polar surface area (TPSA) is 60.8 Å². The summed E-state index contributed by atoms with van der Waals surface area (Å²) in [6, 6.07) is 16.5. The standard InChI is InChI=1S/C28H27F3N2O3S/c1-4-35-27(34)25-22(16-37-18-10-6-5-7-11-18)33-21-14-15-32-26(36-17(2)3)24(21)23(25)19-12-8-9-13-20(19)28(29,30)31/h5-15,17,23,25H,4,16H2,1-3H3. The number of esters is 1. The Morgan fingerprint density at radius 3 is 2.43 bits per heavy atom. The summed E-state index contributed by atoms with van der Waals surface area (Å²) in [5.41, 5.74) is 0.337. The maximum atomic E-state index is 14.2. The molecule has 0 aliphatic carbocycles. The lowest BCUT2D eigenvalue weighted by molar-refractivity contribution is -0.147. The summed E-state index contributed by atoms with van der Waals surface area (Å²) in [4.78, 5) is 23.5. The minimum absolute atomic E-state index is 0.0481. The number of carbonyl (C=O) groups excluding carboxylic acids is 1. The summed E-state index contributed by atoms with van der Waals surface area (Å²) in [6.45, 7) is 5.35. The summed E-state index contributed by atoms with van der Waals surface area (Å²) in [5, 5.41) is 0. The van der Waals surface area contributed by atoms with Crippen LogP contribution in [0.4, 0.5) is 18.9 Å². The zero-order valence-electron chi connectivity index (χ0n) is 20.7. The van der Waals surface area contributed by atoms with Gasteiger partial charge < -0.3 is 9.47 Å². The van der Waals surface area contributed by atoms with Crippen molar-refractivity contribution >= 4 is 29.1 Å². The van der Waals surface area contributed by atoms with Crippen molar-refractivity contribution in [1.82, 2.24) is 4.98 Å². The number of benzene rings is 2. The predicted molar refractivity (Wildman–Crippen MR) is 138 cm³/mol. The van der Waals surface area contributed by atoms with Crippen molar-refractivity contribution in [2.75, 3.05) is 12.4 Å². The number of fused-ring (bicyclic) bond motifs is 1. The van der Waals surface area contributed by atoms with E-state index in [2.05, 4.69) is 4.98 Å². The molecular weight excluding hydrogens is 501 g/mol. The normalized spacial score (nSPS) is 17.2. The number of halogens is 3. The number of rotatable bonds is 8. The third-order valence-corrected chi connectivity index (χ3v) is 6.86. The van der Waals surface area contributed by atoms with Gasteiger partial charge in [0.25, 0.3) is 0 Å². The average molecular weight is 529 g/mol. The van der Waals surface area contributed by atoms with E-state index in [9.17, 15) is 18.0 Å². The minimum atomic E-state index is -4.63. The highest BCUT2D eigenvalue weighted by Gasteiger charge is 2.46. The molecule has 37 heavy (non-hydrogen) atoms. The van der Waals surface area contributed by atoms with E-state index in [4.69, 9.17) is 14.5 Å². The second-order valence-electron chi connectivity index (χ2n) is 8.71. The summed E-state index contributed by atoms with van der Waals surface area (Å²) in [7, 11) is 0. The van der Waals surface area contributed by atoms with E-state index < -0.39 is 29.5 Å². The Bertz CT molecular complexity index is 1280. The number of alkyl halides is 3. The van der Waals surface area contributed by atoms with E-state index >= 15 is 0 Å². The first-order chi connectivity index (χ1) is 17.7. The maximum absolute atomic E-state index is 14.2. The Morgan fingerprint density at radius 2 is 1.76 bits per heavy atom. The van der Waals surface area contributed by atoms with Crippen LogP contribution < -0.4 is 4.74 Å². The zero-order valence-corrected chi connectivity index (χ0v) is 21.5. The van der Waals surface area contributed by atoms with E-state index in [1.165, 1.54) is 36.2 Å². The average Bonchev–Trinajstić information content (AvgIpc) is 2.86. The lowest BCUT2D eigenvalue weighted by Crippen LogP contribution is -2.37. The lowest BCUT2D eigenvalue weighted by atomic mass is 9.74. The predicted octanol–water partition coefficient (Wildman–Crippen LogP) is 7.08. The van der Waals surface area contributed by atoms with Crippen LogP contribution in [0.15, 0.2) is 76.7 Å².